The molecule has 0 aliphatic heterocycles. The maximum absolute atomic E-state index is 12.1. The number of benzene rings is 2. The van der Waals surface area contributed by atoms with Crippen molar-refractivity contribution in [2.45, 2.75) is 20.0 Å². The van der Waals surface area contributed by atoms with Crippen LogP contribution < -0.4 is 10.1 Å². The molecule has 1 N–H and O–H groups in total. The number of rotatable bonds is 5. The van der Waals surface area contributed by atoms with E-state index in [0.29, 0.717) is 17.0 Å². The number of ether oxygens (including phenoxy) is 2. The molecule has 0 saturated carbocycles. The van der Waals surface area contributed by atoms with Crippen LogP contribution >= 0.6 is 0 Å². The minimum Gasteiger partial charge on any atom is -0.497 e. The van der Waals surface area contributed by atoms with Gasteiger partial charge in [0, 0.05) is 5.69 Å². The van der Waals surface area contributed by atoms with Crippen LogP contribution in [0, 0.1) is 6.92 Å². The van der Waals surface area contributed by atoms with E-state index in [1.54, 1.807) is 43.5 Å². The third kappa shape index (κ3) is 4.57. The van der Waals surface area contributed by atoms with Gasteiger partial charge in [0.2, 0.25) is 0 Å². The van der Waals surface area contributed by atoms with Gasteiger partial charge in [-0.25, -0.2) is 4.79 Å². The topological polar surface area (TPSA) is 64.6 Å². The van der Waals surface area contributed by atoms with Crippen LogP contribution in [-0.2, 0) is 9.53 Å². The average molecular weight is 313 g/mol. The highest BCUT2D eigenvalue weighted by Gasteiger charge is 2.19. The molecule has 2 rings (SSSR count). The molecule has 0 heterocycles. The van der Waals surface area contributed by atoms with E-state index in [1.165, 1.54) is 6.92 Å². The van der Waals surface area contributed by atoms with Crippen molar-refractivity contribution >= 4 is 17.6 Å². The second kappa shape index (κ2) is 7.45. The highest BCUT2D eigenvalue weighted by Crippen LogP contribution is 2.15. The lowest BCUT2D eigenvalue weighted by Crippen LogP contribution is -2.30. The van der Waals surface area contributed by atoms with E-state index in [0.717, 1.165) is 5.56 Å². The maximum atomic E-state index is 12.1. The Labute approximate surface area is 135 Å². The Kier molecular flexibility index (Phi) is 5.36. The predicted octanol–water partition coefficient (Wildman–Crippen LogP) is 3.19. The molecule has 1 amide bonds. The lowest BCUT2D eigenvalue weighted by molar-refractivity contribution is -0.123. The predicted molar refractivity (Wildman–Crippen MR) is 87.7 cm³/mol. The molecule has 0 fully saturated rings. The molecule has 0 spiro atoms. The molecule has 2 aromatic rings. The van der Waals surface area contributed by atoms with Crippen LogP contribution in [0.2, 0.25) is 0 Å². The first-order valence-electron chi connectivity index (χ1n) is 7.22. The number of amides is 1. The number of hydrogen-bond acceptors (Lipinski definition) is 4. The van der Waals surface area contributed by atoms with E-state index in [2.05, 4.69) is 5.32 Å². The molecule has 23 heavy (non-hydrogen) atoms. The van der Waals surface area contributed by atoms with Crippen LogP contribution in [0.3, 0.4) is 0 Å². The number of anilines is 1. The van der Waals surface area contributed by atoms with Crippen molar-refractivity contribution in [1.29, 1.82) is 0 Å². The van der Waals surface area contributed by atoms with Gasteiger partial charge in [0.05, 0.1) is 12.7 Å². The number of hydrogen-bond donors (Lipinski definition) is 1. The first-order chi connectivity index (χ1) is 11.0. The number of carbonyl (C=O) groups excluding carboxylic acids is 2. The van der Waals surface area contributed by atoms with Crippen LogP contribution in [-0.4, -0.2) is 25.1 Å². The monoisotopic (exact) mass is 313 g/mol. The minimum atomic E-state index is -0.897. The van der Waals surface area contributed by atoms with Crippen LogP contribution in [0.5, 0.6) is 5.75 Å². The van der Waals surface area contributed by atoms with E-state index in [4.69, 9.17) is 9.47 Å². The molecule has 1 atom stereocenters. The molecule has 5 nitrogen and oxygen atoms in total. The van der Waals surface area contributed by atoms with E-state index in [9.17, 15) is 9.59 Å². The summed E-state index contributed by atoms with van der Waals surface area (Å²) in [7, 11) is 1.57. The number of methoxy groups -OCH3 is 1. The van der Waals surface area contributed by atoms with Crippen molar-refractivity contribution in [1.82, 2.24) is 0 Å². The number of carbonyl (C=O) groups is 2. The molecule has 0 radical (unpaired) electrons. The largest absolute Gasteiger partial charge is 0.497 e. The van der Waals surface area contributed by atoms with E-state index in [1.807, 2.05) is 19.1 Å². The van der Waals surface area contributed by atoms with Crippen LogP contribution in [0.25, 0.3) is 0 Å². The Bertz CT molecular complexity index is 677. The second-order valence-electron chi connectivity index (χ2n) is 5.13. The van der Waals surface area contributed by atoms with Crippen LogP contribution in [0.4, 0.5) is 5.69 Å². The van der Waals surface area contributed by atoms with Gasteiger partial charge in [-0.3, -0.25) is 4.79 Å². The van der Waals surface area contributed by atoms with Crippen molar-refractivity contribution < 1.29 is 19.1 Å². The molecule has 0 saturated heterocycles. The summed E-state index contributed by atoms with van der Waals surface area (Å²) >= 11 is 0. The van der Waals surface area contributed by atoms with Crippen molar-refractivity contribution in [3.05, 3.63) is 59.7 Å². The molecule has 2 aromatic carbocycles. The van der Waals surface area contributed by atoms with Gasteiger partial charge in [0.1, 0.15) is 5.75 Å². The van der Waals surface area contributed by atoms with Crippen LogP contribution in [0.15, 0.2) is 48.5 Å². The summed E-state index contributed by atoms with van der Waals surface area (Å²) in [6.07, 6.45) is -0.897. The summed E-state index contributed by atoms with van der Waals surface area (Å²) < 4.78 is 10.2. The number of esters is 1. The molecule has 0 unspecified atom stereocenters. The third-order valence-corrected chi connectivity index (χ3v) is 3.30. The summed E-state index contributed by atoms with van der Waals surface area (Å²) in [5, 5.41) is 2.69. The van der Waals surface area contributed by atoms with Gasteiger partial charge in [0.25, 0.3) is 5.91 Å². The highest BCUT2D eigenvalue weighted by atomic mass is 16.5. The van der Waals surface area contributed by atoms with E-state index < -0.39 is 18.0 Å². The molecular weight excluding hydrogens is 294 g/mol. The molecule has 5 heteroatoms. The molecule has 0 bridgehead atoms. The summed E-state index contributed by atoms with van der Waals surface area (Å²) in [6, 6.07) is 13.9. The first kappa shape index (κ1) is 16.5. The zero-order chi connectivity index (χ0) is 16.8. The van der Waals surface area contributed by atoms with E-state index >= 15 is 0 Å². The van der Waals surface area contributed by atoms with Gasteiger partial charge >= 0.3 is 5.97 Å². The smallest absolute Gasteiger partial charge is 0.338 e. The first-order valence-corrected chi connectivity index (χ1v) is 7.22. The lowest BCUT2D eigenvalue weighted by atomic mass is 10.1. The normalized spacial score (nSPS) is 11.4. The maximum Gasteiger partial charge on any atom is 0.338 e. The van der Waals surface area contributed by atoms with Gasteiger partial charge in [-0.1, -0.05) is 17.7 Å². The van der Waals surface area contributed by atoms with Gasteiger partial charge in [-0.2, -0.15) is 0 Å². The Morgan fingerprint density at radius 1 is 1.00 bits per heavy atom. The van der Waals surface area contributed by atoms with E-state index in [-0.39, 0.29) is 0 Å². The van der Waals surface area contributed by atoms with Gasteiger partial charge in [0.15, 0.2) is 6.10 Å². The summed E-state index contributed by atoms with van der Waals surface area (Å²) in [4.78, 5) is 24.1. The quantitative estimate of drug-likeness (QED) is 0.861. The summed E-state index contributed by atoms with van der Waals surface area (Å²) in [5.74, 6) is -0.222. The molecule has 0 aromatic heterocycles. The number of aryl methyl sites for hydroxylation is 1. The SMILES string of the molecule is COc1ccc(NC(=O)[C@H](C)OC(=O)c2ccc(C)cc2)cc1. The average Bonchev–Trinajstić information content (AvgIpc) is 2.56. The molecule has 0 aliphatic carbocycles. The van der Waals surface area contributed by atoms with Gasteiger partial charge in [-0.05, 0) is 50.2 Å². The van der Waals surface area contributed by atoms with Crippen molar-refractivity contribution in [2.75, 3.05) is 12.4 Å². The van der Waals surface area contributed by atoms with Crippen molar-refractivity contribution in [3.63, 3.8) is 0 Å². The highest BCUT2D eigenvalue weighted by molar-refractivity contribution is 5.97. The standard InChI is InChI=1S/C18H19NO4/c1-12-4-6-14(7-5-12)18(21)23-13(2)17(20)19-15-8-10-16(22-3)11-9-15/h4-11,13H,1-3H3,(H,19,20)/t13-/m0/s1. The minimum absolute atomic E-state index is 0.393. The lowest BCUT2D eigenvalue weighted by Gasteiger charge is -2.14. The fourth-order valence-corrected chi connectivity index (χ4v) is 1.89. The zero-order valence-electron chi connectivity index (χ0n) is 13.3. The van der Waals surface area contributed by atoms with Gasteiger partial charge in [-0.15, -0.1) is 0 Å². The fourth-order valence-electron chi connectivity index (χ4n) is 1.89. The fraction of sp³-hybridized carbons (Fsp3) is 0.222. The van der Waals surface area contributed by atoms with Crippen LogP contribution in [0.1, 0.15) is 22.8 Å². The summed E-state index contributed by atoms with van der Waals surface area (Å²) in [6.45, 7) is 3.46. The Balaban J connectivity index is 1.93. The Hall–Kier alpha value is -2.82. The Morgan fingerprint density at radius 3 is 2.17 bits per heavy atom. The molecular formula is C18H19NO4. The summed E-state index contributed by atoms with van der Waals surface area (Å²) in [5.41, 5.74) is 2.07. The molecule has 0 aliphatic rings. The molecule has 120 valence electrons. The van der Waals surface area contributed by atoms with Crippen molar-refractivity contribution in [2.24, 2.45) is 0 Å². The second-order valence-corrected chi connectivity index (χ2v) is 5.13. The van der Waals surface area contributed by atoms with Gasteiger partial charge < -0.3 is 14.8 Å². The van der Waals surface area contributed by atoms with Crippen molar-refractivity contribution in [3.8, 4) is 5.75 Å². The zero-order valence-corrected chi connectivity index (χ0v) is 13.3. The third-order valence-electron chi connectivity index (χ3n) is 3.30. The number of nitrogens with one attached hydrogen (secondary N) is 1. The Morgan fingerprint density at radius 2 is 1.61 bits per heavy atom.